The highest BCUT2D eigenvalue weighted by Crippen LogP contribution is 2.35. The van der Waals surface area contributed by atoms with Gasteiger partial charge in [-0.15, -0.1) is 0 Å². The third-order valence-corrected chi connectivity index (χ3v) is 6.92. The molecule has 0 bridgehead atoms. The third-order valence-electron chi connectivity index (χ3n) is 5.77. The number of hydrogen-bond donors (Lipinski definition) is 1. The Hall–Kier alpha value is -3.80. The Labute approximate surface area is 215 Å². The highest BCUT2D eigenvalue weighted by atomic mass is 32.2. The molecule has 0 spiro atoms. The van der Waals surface area contributed by atoms with E-state index in [0.717, 1.165) is 27.8 Å². The molecule has 0 aliphatic heterocycles. The number of ether oxygens (including phenoxy) is 1. The minimum Gasteiger partial charge on any atom is -0.463 e. The van der Waals surface area contributed by atoms with Gasteiger partial charge in [-0.25, -0.2) is 13.7 Å². The normalized spacial score (nSPS) is 12.4. The van der Waals surface area contributed by atoms with E-state index in [2.05, 4.69) is 4.72 Å². The van der Waals surface area contributed by atoms with E-state index in [4.69, 9.17) is 4.74 Å². The fraction of sp³-hybridized carbons (Fsp3) is 0.129. The van der Waals surface area contributed by atoms with Gasteiger partial charge in [0.1, 0.15) is 11.0 Å². The van der Waals surface area contributed by atoms with Crippen LogP contribution in [-0.4, -0.2) is 16.8 Å². The average Bonchev–Trinajstić information content (AvgIpc) is 2.92. The monoisotopic (exact) mass is 495 g/mol. The van der Waals surface area contributed by atoms with Gasteiger partial charge >= 0.3 is 5.97 Å². The molecule has 36 heavy (non-hydrogen) atoms. The lowest BCUT2D eigenvalue weighted by molar-refractivity contribution is -0.138. The number of carbonyl (C=O) groups is 1. The van der Waals surface area contributed by atoms with Gasteiger partial charge in [-0.05, 0) is 42.7 Å². The predicted molar refractivity (Wildman–Crippen MR) is 145 cm³/mol. The molecule has 5 heteroatoms. The molecule has 0 amide bonds. The summed E-state index contributed by atoms with van der Waals surface area (Å²) in [6.07, 6.45) is 0. The van der Waals surface area contributed by atoms with Gasteiger partial charge in [0.15, 0.2) is 0 Å². The van der Waals surface area contributed by atoms with Crippen molar-refractivity contribution in [1.29, 1.82) is 0 Å². The van der Waals surface area contributed by atoms with E-state index in [0.29, 0.717) is 10.5 Å². The molecule has 1 N–H and O–H groups in total. The number of esters is 1. The molecule has 0 heterocycles. The van der Waals surface area contributed by atoms with Gasteiger partial charge in [-0.2, -0.15) is 0 Å². The second kappa shape index (κ2) is 12.2. The van der Waals surface area contributed by atoms with Crippen molar-refractivity contribution in [3.05, 3.63) is 143 Å². The fourth-order valence-corrected chi connectivity index (χ4v) is 5.02. The van der Waals surface area contributed by atoms with E-state index in [9.17, 15) is 9.00 Å². The fourth-order valence-electron chi connectivity index (χ4n) is 4.04. The lowest BCUT2D eigenvalue weighted by atomic mass is 9.87. The van der Waals surface area contributed by atoms with Crippen LogP contribution in [0.25, 0.3) is 5.57 Å². The van der Waals surface area contributed by atoms with Crippen LogP contribution in [0, 0.1) is 6.92 Å². The largest absolute Gasteiger partial charge is 0.463 e. The van der Waals surface area contributed by atoms with E-state index in [1.807, 2.05) is 122 Å². The molecule has 0 radical (unpaired) electrons. The molecule has 0 aliphatic carbocycles. The first-order chi connectivity index (χ1) is 17.6. The number of aryl methyl sites for hydroxylation is 1. The maximum atomic E-state index is 13.7. The molecule has 0 aliphatic rings. The zero-order valence-electron chi connectivity index (χ0n) is 20.4. The molecule has 0 fully saturated rings. The van der Waals surface area contributed by atoms with Gasteiger partial charge in [0.2, 0.25) is 0 Å². The van der Waals surface area contributed by atoms with Crippen LogP contribution in [0.15, 0.2) is 126 Å². The van der Waals surface area contributed by atoms with Gasteiger partial charge in [0.05, 0.1) is 23.1 Å². The van der Waals surface area contributed by atoms with Crippen molar-refractivity contribution < 1.29 is 13.7 Å². The summed E-state index contributed by atoms with van der Waals surface area (Å²) in [6.45, 7) is 4.00. The first-order valence-electron chi connectivity index (χ1n) is 11.9. The van der Waals surface area contributed by atoms with Crippen molar-refractivity contribution in [2.45, 2.75) is 24.8 Å². The topological polar surface area (TPSA) is 55.4 Å². The molecular weight excluding hydrogens is 466 g/mol. The Kier molecular flexibility index (Phi) is 8.61. The summed E-state index contributed by atoms with van der Waals surface area (Å²) >= 11 is 0. The number of benzene rings is 4. The highest BCUT2D eigenvalue weighted by molar-refractivity contribution is 7.83. The van der Waals surface area contributed by atoms with Crippen LogP contribution in [0.5, 0.6) is 0 Å². The Morgan fingerprint density at radius 2 is 1.28 bits per heavy atom. The molecule has 4 nitrogen and oxygen atoms in total. The lowest BCUT2D eigenvalue weighted by Gasteiger charge is -2.25. The summed E-state index contributed by atoms with van der Waals surface area (Å²) in [5, 5.41) is 0. The van der Waals surface area contributed by atoms with Crippen molar-refractivity contribution in [3.63, 3.8) is 0 Å². The summed E-state index contributed by atoms with van der Waals surface area (Å²) in [4.78, 5) is 14.3. The number of nitrogens with one attached hydrogen (secondary N) is 1. The Balaban J connectivity index is 1.96. The molecule has 1 unspecified atom stereocenters. The average molecular weight is 496 g/mol. The quantitative estimate of drug-likeness (QED) is 0.216. The van der Waals surface area contributed by atoms with Crippen molar-refractivity contribution in [3.8, 4) is 0 Å². The Morgan fingerprint density at radius 3 is 1.78 bits per heavy atom. The summed E-state index contributed by atoms with van der Waals surface area (Å²) in [7, 11) is -1.58. The van der Waals surface area contributed by atoms with Crippen molar-refractivity contribution in [2.75, 3.05) is 6.61 Å². The van der Waals surface area contributed by atoms with E-state index >= 15 is 0 Å². The number of carbonyl (C=O) groups excluding carboxylic acids is 1. The maximum Gasteiger partial charge on any atom is 0.336 e. The first-order valence-corrected chi connectivity index (χ1v) is 13.0. The van der Waals surface area contributed by atoms with Gasteiger partial charge < -0.3 is 4.74 Å². The lowest BCUT2D eigenvalue weighted by Crippen LogP contribution is -2.30. The zero-order chi connectivity index (χ0) is 25.3. The number of rotatable bonds is 9. The van der Waals surface area contributed by atoms with Crippen LogP contribution < -0.4 is 4.72 Å². The number of hydrogen-bond acceptors (Lipinski definition) is 3. The minimum atomic E-state index is -1.58. The van der Waals surface area contributed by atoms with E-state index in [-0.39, 0.29) is 6.61 Å². The van der Waals surface area contributed by atoms with Crippen LogP contribution in [0.3, 0.4) is 0 Å². The summed E-state index contributed by atoms with van der Waals surface area (Å²) < 4.78 is 22.4. The van der Waals surface area contributed by atoms with Gasteiger partial charge in [0, 0.05) is 5.57 Å². The molecule has 4 aromatic rings. The maximum absolute atomic E-state index is 13.7. The molecule has 0 aromatic heterocycles. The first kappa shape index (κ1) is 25.3. The standard InChI is InChI=1S/C31H29NO3S/c1-3-35-31(33)29(28(24-13-7-4-8-14-24)25-15-9-5-10-16-25)30(26-17-11-6-12-18-26)32-36(34)27-21-19-23(2)20-22-27/h4-22,30,32H,3H2,1-2H3/t30-,36?/m0/s1. The SMILES string of the molecule is CCOC(=O)C(=C(c1ccccc1)c1ccccc1)[C@@H](NS(=O)c1ccc(C)cc1)c1ccccc1. The third kappa shape index (κ3) is 6.06. The molecule has 0 saturated heterocycles. The molecule has 4 rings (SSSR count). The van der Waals surface area contributed by atoms with E-state index in [1.165, 1.54) is 0 Å². The Morgan fingerprint density at radius 1 is 0.778 bits per heavy atom. The molecular formula is C31H29NO3S. The van der Waals surface area contributed by atoms with Gasteiger partial charge in [-0.1, -0.05) is 109 Å². The molecule has 4 aromatic carbocycles. The molecule has 2 atom stereocenters. The van der Waals surface area contributed by atoms with Gasteiger partial charge in [0.25, 0.3) is 0 Å². The summed E-state index contributed by atoms with van der Waals surface area (Å²) in [5.74, 6) is -0.456. The van der Waals surface area contributed by atoms with Crippen molar-refractivity contribution >= 4 is 22.5 Å². The highest BCUT2D eigenvalue weighted by Gasteiger charge is 2.30. The second-order valence-electron chi connectivity index (χ2n) is 8.28. The van der Waals surface area contributed by atoms with Crippen LogP contribution in [0.2, 0.25) is 0 Å². The van der Waals surface area contributed by atoms with Crippen LogP contribution in [0.4, 0.5) is 0 Å². The minimum absolute atomic E-state index is 0.224. The summed E-state index contributed by atoms with van der Waals surface area (Å²) in [5.41, 5.74) is 4.77. The van der Waals surface area contributed by atoms with Crippen molar-refractivity contribution in [1.82, 2.24) is 4.72 Å². The van der Waals surface area contributed by atoms with E-state index < -0.39 is 23.0 Å². The summed E-state index contributed by atoms with van der Waals surface area (Å²) in [6, 6.07) is 36.0. The van der Waals surface area contributed by atoms with Gasteiger partial charge in [-0.3, -0.25) is 0 Å². The predicted octanol–water partition coefficient (Wildman–Crippen LogP) is 6.41. The van der Waals surface area contributed by atoms with E-state index in [1.54, 1.807) is 6.92 Å². The van der Waals surface area contributed by atoms with Crippen molar-refractivity contribution in [2.24, 2.45) is 0 Å². The smallest absolute Gasteiger partial charge is 0.336 e. The van der Waals surface area contributed by atoms with Crippen LogP contribution in [-0.2, 0) is 20.5 Å². The second-order valence-corrected chi connectivity index (χ2v) is 9.53. The Bertz CT molecular complexity index is 1290. The van der Waals surface area contributed by atoms with Crippen LogP contribution >= 0.6 is 0 Å². The molecule has 0 saturated carbocycles. The zero-order valence-corrected chi connectivity index (χ0v) is 21.2. The van der Waals surface area contributed by atoms with Crippen LogP contribution in [0.1, 0.15) is 35.2 Å². The molecule has 182 valence electrons.